The maximum atomic E-state index is 12.7. The molecule has 4 N–H and O–H groups in total. The van der Waals surface area contributed by atoms with Crippen molar-refractivity contribution >= 4 is 39.6 Å². The Morgan fingerprint density at radius 3 is 2.71 bits per heavy atom. The monoisotopic (exact) mass is 466 g/mol. The summed E-state index contributed by atoms with van der Waals surface area (Å²) in [6.45, 7) is 2.09. The SMILES string of the molecule is COCC(C)NC(=O)C(=O)Nc1[nH]n(C2[C@@H]3CC4C[C@H]2CC(O)(C4)C3)c2c1cnc1nccc12. The lowest BCUT2D eigenvalue weighted by molar-refractivity contribution is -0.148. The fraction of sp³-hybridized carbons (Fsp3) is 0.583. The summed E-state index contributed by atoms with van der Waals surface area (Å²) >= 11 is 0. The molecule has 3 aromatic heterocycles. The van der Waals surface area contributed by atoms with E-state index in [9.17, 15) is 14.7 Å². The van der Waals surface area contributed by atoms with Gasteiger partial charge in [0, 0.05) is 30.9 Å². The lowest BCUT2D eigenvalue weighted by Gasteiger charge is -2.58. The molecular formula is C24H30N6O4. The van der Waals surface area contributed by atoms with Gasteiger partial charge in [0.25, 0.3) is 0 Å². The Labute approximate surface area is 196 Å². The van der Waals surface area contributed by atoms with Crippen molar-refractivity contribution in [1.82, 2.24) is 25.1 Å². The molecule has 6 atom stereocenters. The fourth-order valence-corrected chi connectivity index (χ4v) is 7.07. The summed E-state index contributed by atoms with van der Waals surface area (Å²) < 4.78 is 7.18. The number of aromatic nitrogens is 4. The summed E-state index contributed by atoms with van der Waals surface area (Å²) in [5.74, 6) is 0.266. The standard InChI is InChI=1S/C24H30N6O4/c1-12(11-34-2)27-22(31)23(32)28-21-17-10-26-20-16(3-4-25-20)19(17)30(29-21)18-14-5-13-6-15(18)9-24(33,7-13)8-14/h3-4,10,12-15,18,29,33H,5-9,11H2,1-2H3,(H,27,31)(H,28,32)/t12?,13?,14-,15+,18?,24?. The molecule has 4 saturated carbocycles. The van der Waals surface area contributed by atoms with Crippen molar-refractivity contribution in [1.29, 1.82) is 0 Å². The van der Waals surface area contributed by atoms with E-state index >= 15 is 0 Å². The first-order chi connectivity index (χ1) is 16.3. The number of anilines is 1. The normalized spacial score (nSPS) is 30.7. The number of hydrogen-bond donors (Lipinski definition) is 4. The van der Waals surface area contributed by atoms with Gasteiger partial charge >= 0.3 is 11.8 Å². The average molecular weight is 467 g/mol. The Morgan fingerprint density at radius 2 is 2.00 bits per heavy atom. The fourth-order valence-electron chi connectivity index (χ4n) is 7.07. The quantitative estimate of drug-likeness (QED) is 0.426. The number of carbonyl (C=O) groups excluding carboxylic acids is 2. The van der Waals surface area contributed by atoms with Crippen molar-refractivity contribution in [3.05, 3.63) is 18.5 Å². The number of nitrogens with zero attached hydrogens (tertiary/aromatic N) is 3. The third-order valence-corrected chi connectivity index (χ3v) is 7.98. The molecule has 34 heavy (non-hydrogen) atoms. The van der Waals surface area contributed by atoms with Crippen LogP contribution >= 0.6 is 0 Å². The van der Waals surface area contributed by atoms with Crippen molar-refractivity contribution in [2.75, 3.05) is 19.0 Å². The zero-order valence-electron chi connectivity index (χ0n) is 19.4. The maximum absolute atomic E-state index is 12.7. The zero-order valence-corrected chi connectivity index (χ0v) is 19.4. The number of amides is 2. The number of nitrogens with one attached hydrogen (secondary N) is 3. The Morgan fingerprint density at radius 1 is 1.24 bits per heavy atom. The number of aromatic amines is 1. The highest BCUT2D eigenvalue weighted by molar-refractivity contribution is 6.40. The average Bonchev–Trinajstić information content (AvgIpc) is 3.37. The first-order valence-corrected chi connectivity index (χ1v) is 12.0. The maximum Gasteiger partial charge on any atom is 0.314 e. The summed E-state index contributed by atoms with van der Waals surface area (Å²) in [5, 5.41) is 21.5. The van der Waals surface area contributed by atoms with Crippen LogP contribution in [0.1, 0.15) is 45.1 Å². The molecule has 180 valence electrons. The molecule has 0 radical (unpaired) electrons. The summed E-state index contributed by atoms with van der Waals surface area (Å²) in [4.78, 5) is 34.0. The molecule has 4 aliphatic rings. The minimum atomic E-state index is -0.752. The van der Waals surface area contributed by atoms with Crippen LogP contribution < -0.4 is 10.6 Å². The van der Waals surface area contributed by atoms with Gasteiger partial charge < -0.3 is 20.5 Å². The third kappa shape index (κ3) is 3.39. The van der Waals surface area contributed by atoms with E-state index in [0.29, 0.717) is 35.8 Å². The molecule has 0 aliphatic heterocycles. The van der Waals surface area contributed by atoms with Crippen molar-refractivity contribution in [2.45, 2.75) is 56.7 Å². The minimum absolute atomic E-state index is 0.182. The largest absolute Gasteiger partial charge is 0.390 e. The number of fused-ring (bicyclic) bond motifs is 3. The first-order valence-electron chi connectivity index (χ1n) is 12.0. The van der Waals surface area contributed by atoms with Gasteiger partial charge in [-0.15, -0.1) is 0 Å². The van der Waals surface area contributed by atoms with Gasteiger partial charge in [-0.2, -0.15) is 0 Å². The number of aliphatic hydroxyl groups is 1. The summed E-state index contributed by atoms with van der Waals surface area (Å²) in [6, 6.07) is 1.83. The molecule has 3 aromatic rings. The van der Waals surface area contributed by atoms with Gasteiger partial charge in [0.2, 0.25) is 0 Å². The second kappa shape index (κ2) is 7.78. The smallest absolute Gasteiger partial charge is 0.314 e. The molecule has 0 spiro atoms. The first kappa shape index (κ1) is 21.5. The molecule has 10 nitrogen and oxygen atoms in total. The number of carbonyl (C=O) groups is 2. The van der Waals surface area contributed by atoms with Crippen LogP contribution in [0.25, 0.3) is 21.9 Å². The van der Waals surface area contributed by atoms with E-state index < -0.39 is 17.4 Å². The van der Waals surface area contributed by atoms with E-state index in [1.807, 2.05) is 6.07 Å². The minimum Gasteiger partial charge on any atom is -0.390 e. The van der Waals surface area contributed by atoms with Crippen LogP contribution in [-0.4, -0.2) is 62.0 Å². The number of ether oxygens (including phenoxy) is 1. The Bertz CT molecular complexity index is 1270. The van der Waals surface area contributed by atoms with Gasteiger partial charge in [-0.25, -0.2) is 9.97 Å². The van der Waals surface area contributed by atoms with Crippen molar-refractivity contribution in [3.8, 4) is 0 Å². The third-order valence-electron chi connectivity index (χ3n) is 7.98. The van der Waals surface area contributed by atoms with Gasteiger partial charge in [-0.3, -0.25) is 19.4 Å². The molecule has 4 bridgehead atoms. The lowest BCUT2D eigenvalue weighted by Crippen LogP contribution is -2.55. The van der Waals surface area contributed by atoms with Crippen molar-refractivity contribution in [2.24, 2.45) is 17.8 Å². The molecule has 7 rings (SSSR count). The van der Waals surface area contributed by atoms with Crippen LogP contribution in [0.3, 0.4) is 0 Å². The summed E-state index contributed by atoms with van der Waals surface area (Å²) in [6.07, 6.45) is 8.15. The van der Waals surface area contributed by atoms with Crippen molar-refractivity contribution in [3.63, 3.8) is 0 Å². The molecule has 4 aliphatic carbocycles. The predicted molar refractivity (Wildman–Crippen MR) is 125 cm³/mol. The van der Waals surface area contributed by atoms with Gasteiger partial charge in [0.15, 0.2) is 5.65 Å². The van der Waals surface area contributed by atoms with E-state index in [1.54, 1.807) is 26.4 Å². The van der Waals surface area contributed by atoms with Gasteiger partial charge in [0.1, 0.15) is 5.82 Å². The van der Waals surface area contributed by atoms with Crippen LogP contribution in [0, 0.1) is 17.8 Å². The van der Waals surface area contributed by atoms with Gasteiger partial charge in [-0.1, -0.05) is 0 Å². The van der Waals surface area contributed by atoms with Crippen LogP contribution in [0.2, 0.25) is 0 Å². The Hall–Kier alpha value is -2.98. The number of H-pyrrole nitrogens is 1. The Kier molecular flexibility index (Phi) is 4.93. The highest BCUT2D eigenvalue weighted by Crippen LogP contribution is 2.60. The molecular weight excluding hydrogens is 436 g/mol. The molecule has 4 fully saturated rings. The van der Waals surface area contributed by atoms with E-state index in [1.165, 1.54) is 0 Å². The van der Waals surface area contributed by atoms with Gasteiger partial charge in [0.05, 0.1) is 29.2 Å². The van der Waals surface area contributed by atoms with E-state index in [0.717, 1.165) is 48.4 Å². The molecule has 3 heterocycles. The molecule has 0 aromatic carbocycles. The molecule has 2 amide bonds. The second-order valence-electron chi connectivity index (χ2n) is 10.5. The van der Waals surface area contributed by atoms with E-state index in [2.05, 4.69) is 30.4 Å². The number of pyridine rings is 1. The molecule has 4 unspecified atom stereocenters. The lowest BCUT2D eigenvalue weighted by atomic mass is 9.52. The number of methoxy groups -OCH3 is 1. The van der Waals surface area contributed by atoms with Crippen LogP contribution in [0.5, 0.6) is 0 Å². The van der Waals surface area contributed by atoms with Crippen molar-refractivity contribution < 1.29 is 19.4 Å². The highest BCUT2D eigenvalue weighted by atomic mass is 16.5. The van der Waals surface area contributed by atoms with Gasteiger partial charge in [-0.05, 0) is 62.8 Å². The van der Waals surface area contributed by atoms with Crippen LogP contribution in [0.4, 0.5) is 5.82 Å². The molecule has 0 saturated heterocycles. The predicted octanol–water partition coefficient (Wildman–Crippen LogP) is 2.11. The summed E-state index contributed by atoms with van der Waals surface area (Å²) in [5.41, 5.74) is 1.03. The molecule has 10 heteroatoms. The highest BCUT2D eigenvalue weighted by Gasteiger charge is 2.55. The van der Waals surface area contributed by atoms with Crippen LogP contribution in [0.15, 0.2) is 18.5 Å². The number of rotatable bonds is 5. The second-order valence-corrected chi connectivity index (χ2v) is 10.5. The zero-order chi connectivity index (χ0) is 23.6. The Balaban J connectivity index is 1.38. The van der Waals surface area contributed by atoms with E-state index in [4.69, 9.17) is 4.74 Å². The summed E-state index contributed by atoms with van der Waals surface area (Å²) in [7, 11) is 1.54. The topological polar surface area (TPSA) is 134 Å². The van der Waals surface area contributed by atoms with E-state index in [-0.39, 0.29) is 12.1 Å². The number of hydrogen-bond acceptors (Lipinski definition) is 6. The van der Waals surface area contributed by atoms with Crippen LogP contribution in [-0.2, 0) is 14.3 Å².